The van der Waals surface area contributed by atoms with Gasteiger partial charge in [-0.2, -0.15) is 0 Å². The molecule has 5 rings (SSSR count). The smallest absolute Gasteiger partial charge is 0.312 e. The predicted octanol–water partition coefficient (Wildman–Crippen LogP) is 2.40. The van der Waals surface area contributed by atoms with Crippen molar-refractivity contribution < 1.29 is 19.1 Å². The predicted molar refractivity (Wildman–Crippen MR) is 133 cm³/mol. The number of carbonyl (C=O) groups excluding carboxylic acids is 3. The molecule has 8 nitrogen and oxygen atoms in total. The monoisotopic (exact) mass is 502 g/mol. The number of rotatable bonds is 5. The molecule has 0 saturated carbocycles. The maximum Gasteiger partial charge on any atom is 0.312 e. The van der Waals surface area contributed by atoms with Crippen LogP contribution in [0.25, 0.3) is 0 Å². The van der Waals surface area contributed by atoms with Gasteiger partial charge in [-0.15, -0.1) is 0 Å². The number of piperazine rings is 1. The lowest BCUT2D eigenvalue weighted by molar-refractivity contribution is -0.156. The van der Waals surface area contributed by atoms with Gasteiger partial charge in [-0.05, 0) is 43.9 Å². The van der Waals surface area contributed by atoms with Crippen molar-refractivity contribution in [1.29, 1.82) is 0 Å². The standard InChI is InChI=1S/C26H35ClN4O4/c1-19(32)31-10-6-23(31)24(33)30-11-7-26(8-12-30)18-22(35-25(26)34)5-9-28-13-15-29(16-14-28)21-4-2-3-20(27)17-21/h2-4,17,22-23H,5-16,18H2,1H3/t22-,23?/m0/s1. The van der Waals surface area contributed by atoms with Gasteiger partial charge in [0.15, 0.2) is 0 Å². The lowest BCUT2D eigenvalue weighted by Gasteiger charge is -2.44. The molecule has 1 aromatic carbocycles. The molecule has 0 aliphatic carbocycles. The number of amides is 2. The Morgan fingerprint density at radius 1 is 1.09 bits per heavy atom. The molecule has 1 unspecified atom stereocenters. The van der Waals surface area contributed by atoms with Crippen molar-refractivity contribution in [2.45, 2.75) is 51.2 Å². The Labute approximate surface area is 212 Å². The van der Waals surface area contributed by atoms with E-state index in [4.69, 9.17) is 16.3 Å². The van der Waals surface area contributed by atoms with Gasteiger partial charge in [0.2, 0.25) is 11.8 Å². The van der Waals surface area contributed by atoms with Crippen LogP contribution in [0.15, 0.2) is 24.3 Å². The molecular weight excluding hydrogens is 468 g/mol. The maximum absolute atomic E-state index is 12.9. The zero-order valence-electron chi connectivity index (χ0n) is 20.5. The lowest BCUT2D eigenvalue weighted by Crippen LogP contribution is -2.60. The molecule has 0 N–H and O–H groups in total. The zero-order valence-corrected chi connectivity index (χ0v) is 21.2. The van der Waals surface area contributed by atoms with Gasteiger partial charge in [-0.3, -0.25) is 19.3 Å². The summed E-state index contributed by atoms with van der Waals surface area (Å²) in [5.41, 5.74) is 0.715. The zero-order chi connectivity index (χ0) is 24.6. The van der Waals surface area contributed by atoms with Crippen molar-refractivity contribution in [3.05, 3.63) is 29.3 Å². The van der Waals surface area contributed by atoms with E-state index in [2.05, 4.69) is 15.9 Å². The van der Waals surface area contributed by atoms with Crippen LogP contribution in [-0.4, -0.2) is 97.0 Å². The third-order valence-corrected chi connectivity index (χ3v) is 8.61. The highest BCUT2D eigenvalue weighted by atomic mass is 35.5. The Kier molecular flexibility index (Phi) is 6.95. The first kappa shape index (κ1) is 24.4. The van der Waals surface area contributed by atoms with Crippen LogP contribution in [-0.2, 0) is 19.1 Å². The van der Waals surface area contributed by atoms with E-state index in [-0.39, 0.29) is 29.9 Å². The van der Waals surface area contributed by atoms with Gasteiger partial charge in [-0.1, -0.05) is 17.7 Å². The van der Waals surface area contributed by atoms with Crippen molar-refractivity contribution >= 4 is 35.1 Å². The molecule has 4 aliphatic heterocycles. The minimum Gasteiger partial charge on any atom is -0.462 e. The van der Waals surface area contributed by atoms with E-state index in [9.17, 15) is 14.4 Å². The van der Waals surface area contributed by atoms with Crippen molar-refractivity contribution in [1.82, 2.24) is 14.7 Å². The van der Waals surface area contributed by atoms with Gasteiger partial charge < -0.3 is 19.4 Å². The minimum absolute atomic E-state index is 0.0288. The number of hydrogen-bond acceptors (Lipinski definition) is 6. The normalized spacial score (nSPS) is 26.6. The van der Waals surface area contributed by atoms with Crippen LogP contribution >= 0.6 is 11.6 Å². The number of piperidine rings is 1. The quantitative estimate of drug-likeness (QED) is 0.576. The second kappa shape index (κ2) is 9.97. The van der Waals surface area contributed by atoms with Gasteiger partial charge >= 0.3 is 5.97 Å². The summed E-state index contributed by atoms with van der Waals surface area (Å²) in [5, 5.41) is 0.762. The van der Waals surface area contributed by atoms with Crippen LogP contribution in [0.5, 0.6) is 0 Å². The SMILES string of the molecule is CC(=O)N1CCC1C(=O)N1CCC2(CC1)C[C@H](CCN1CCN(c3cccc(Cl)c3)CC1)OC2=O. The van der Waals surface area contributed by atoms with Crippen LogP contribution in [0.1, 0.15) is 39.0 Å². The molecule has 190 valence electrons. The summed E-state index contributed by atoms with van der Waals surface area (Å²) >= 11 is 6.14. The molecule has 9 heteroatoms. The third-order valence-electron chi connectivity index (χ3n) is 8.38. The van der Waals surface area contributed by atoms with Gasteiger partial charge in [0, 0.05) is 76.4 Å². The Bertz CT molecular complexity index is 972. The number of esters is 1. The average molecular weight is 503 g/mol. The summed E-state index contributed by atoms with van der Waals surface area (Å²) in [6.45, 7) is 8.10. The molecule has 4 saturated heterocycles. The van der Waals surface area contributed by atoms with E-state index in [1.54, 1.807) is 4.90 Å². The molecule has 2 atom stereocenters. The highest BCUT2D eigenvalue weighted by Crippen LogP contribution is 2.44. The topological polar surface area (TPSA) is 73.4 Å². The summed E-state index contributed by atoms with van der Waals surface area (Å²) in [6.07, 6.45) is 3.59. The number of carbonyl (C=O) groups is 3. The third kappa shape index (κ3) is 5.00. The summed E-state index contributed by atoms with van der Waals surface area (Å²) < 4.78 is 5.83. The summed E-state index contributed by atoms with van der Waals surface area (Å²) in [7, 11) is 0. The number of cyclic esters (lactones) is 1. The Morgan fingerprint density at radius 2 is 1.83 bits per heavy atom. The highest BCUT2D eigenvalue weighted by molar-refractivity contribution is 6.30. The molecule has 4 aliphatic rings. The summed E-state index contributed by atoms with van der Waals surface area (Å²) in [6, 6.07) is 7.68. The number of hydrogen-bond donors (Lipinski definition) is 0. The average Bonchev–Trinajstić information content (AvgIpc) is 3.12. The minimum atomic E-state index is -0.452. The fourth-order valence-corrected chi connectivity index (χ4v) is 6.21. The molecule has 0 radical (unpaired) electrons. The molecule has 4 heterocycles. The van der Waals surface area contributed by atoms with Crippen LogP contribution in [0.2, 0.25) is 5.02 Å². The fourth-order valence-electron chi connectivity index (χ4n) is 6.02. The highest BCUT2D eigenvalue weighted by Gasteiger charge is 2.51. The first-order valence-electron chi connectivity index (χ1n) is 12.8. The van der Waals surface area contributed by atoms with E-state index < -0.39 is 5.41 Å². The van der Waals surface area contributed by atoms with Crippen molar-refractivity contribution in [3.8, 4) is 0 Å². The molecule has 1 aromatic rings. The number of nitrogens with zero attached hydrogens (tertiary/aromatic N) is 4. The largest absolute Gasteiger partial charge is 0.462 e. The van der Waals surface area contributed by atoms with E-state index in [1.807, 2.05) is 23.1 Å². The molecule has 1 spiro atoms. The van der Waals surface area contributed by atoms with Crippen molar-refractivity contribution in [2.75, 3.05) is 57.3 Å². The van der Waals surface area contributed by atoms with Gasteiger partial charge in [-0.25, -0.2) is 0 Å². The molecule has 35 heavy (non-hydrogen) atoms. The number of halogens is 1. The second-order valence-corrected chi connectivity index (χ2v) is 10.9. The van der Waals surface area contributed by atoms with Crippen LogP contribution < -0.4 is 4.90 Å². The van der Waals surface area contributed by atoms with Gasteiger partial charge in [0.1, 0.15) is 12.1 Å². The van der Waals surface area contributed by atoms with Gasteiger partial charge in [0.25, 0.3) is 0 Å². The van der Waals surface area contributed by atoms with Crippen molar-refractivity contribution in [3.63, 3.8) is 0 Å². The van der Waals surface area contributed by atoms with Gasteiger partial charge in [0.05, 0.1) is 5.41 Å². The second-order valence-electron chi connectivity index (χ2n) is 10.5. The fraction of sp³-hybridized carbons (Fsp3) is 0.654. The number of anilines is 1. The van der Waals surface area contributed by atoms with Crippen LogP contribution in [0.3, 0.4) is 0 Å². The van der Waals surface area contributed by atoms with E-state index in [1.165, 1.54) is 12.6 Å². The Balaban J connectivity index is 1.06. The lowest BCUT2D eigenvalue weighted by atomic mass is 9.75. The Hall–Kier alpha value is -2.32. The summed E-state index contributed by atoms with van der Waals surface area (Å²) in [4.78, 5) is 45.6. The van der Waals surface area contributed by atoms with Crippen molar-refractivity contribution in [2.24, 2.45) is 5.41 Å². The number of benzene rings is 1. The number of likely N-dealkylation sites (tertiary alicyclic amines) is 2. The van der Waals surface area contributed by atoms with E-state index in [0.29, 0.717) is 32.5 Å². The molecule has 4 fully saturated rings. The van der Waals surface area contributed by atoms with E-state index in [0.717, 1.165) is 57.0 Å². The Morgan fingerprint density at radius 3 is 2.46 bits per heavy atom. The van der Waals surface area contributed by atoms with Crippen LogP contribution in [0, 0.1) is 5.41 Å². The first-order valence-corrected chi connectivity index (χ1v) is 13.2. The van der Waals surface area contributed by atoms with Crippen LogP contribution in [0.4, 0.5) is 5.69 Å². The molecule has 0 aromatic heterocycles. The molecule has 0 bridgehead atoms. The van der Waals surface area contributed by atoms with E-state index >= 15 is 0 Å². The molecular formula is C26H35ClN4O4. The first-order chi connectivity index (χ1) is 16.8. The molecule has 2 amide bonds. The summed E-state index contributed by atoms with van der Waals surface area (Å²) in [5.74, 6) is -0.105. The maximum atomic E-state index is 12.9. The number of ether oxygens (including phenoxy) is 1.